The SMILES string of the molecule is CC(=O)Oc1ccc(C[C@@H](C)N[C@H](C)c2ccccc2)cc1C. The van der Waals surface area contributed by atoms with Crippen LogP contribution in [0.3, 0.4) is 0 Å². The van der Waals surface area contributed by atoms with Crippen LogP contribution in [0.25, 0.3) is 0 Å². The van der Waals surface area contributed by atoms with Gasteiger partial charge in [0.05, 0.1) is 0 Å². The first-order valence-corrected chi connectivity index (χ1v) is 8.04. The Morgan fingerprint density at radius 3 is 2.43 bits per heavy atom. The Labute approximate surface area is 138 Å². The van der Waals surface area contributed by atoms with Crippen LogP contribution < -0.4 is 10.1 Å². The smallest absolute Gasteiger partial charge is 0.308 e. The average molecular weight is 311 g/mol. The van der Waals surface area contributed by atoms with Crippen molar-refractivity contribution in [2.24, 2.45) is 0 Å². The molecule has 0 fully saturated rings. The number of benzene rings is 2. The maximum absolute atomic E-state index is 11.1. The van der Waals surface area contributed by atoms with Gasteiger partial charge in [0.1, 0.15) is 5.75 Å². The van der Waals surface area contributed by atoms with E-state index in [-0.39, 0.29) is 5.97 Å². The molecule has 0 saturated carbocycles. The minimum Gasteiger partial charge on any atom is -0.426 e. The molecule has 0 heterocycles. The minimum atomic E-state index is -0.285. The molecule has 2 aromatic rings. The molecule has 1 N–H and O–H groups in total. The molecule has 0 spiro atoms. The second-order valence-electron chi connectivity index (χ2n) is 6.10. The molecule has 0 bridgehead atoms. The van der Waals surface area contributed by atoms with E-state index in [1.165, 1.54) is 18.1 Å². The van der Waals surface area contributed by atoms with Crippen molar-refractivity contribution in [2.45, 2.75) is 46.2 Å². The average Bonchev–Trinajstić information content (AvgIpc) is 2.50. The highest BCUT2D eigenvalue weighted by Gasteiger charge is 2.11. The third-order valence-electron chi connectivity index (χ3n) is 3.87. The van der Waals surface area contributed by atoms with Crippen molar-refractivity contribution in [3.63, 3.8) is 0 Å². The summed E-state index contributed by atoms with van der Waals surface area (Å²) in [5.41, 5.74) is 3.51. The summed E-state index contributed by atoms with van der Waals surface area (Å²) in [6.07, 6.45) is 0.929. The van der Waals surface area contributed by atoms with Crippen molar-refractivity contribution in [2.75, 3.05) is 0 Å². The van der Waals surface area contributed by atoms with Gasteiger partial charge in [0.15, 0.2) is 0 Å². The van der Waals surface area contributed by atoms with Gasteiger partial charge in [0.2, 0.25) is 0 Å². The second kappa shape index (κ2) is 7.93. The monoisotopic (exact) mass is 311 g/mol. The van der Waals surface area contributed by atoms with E-state index in [1.54, 1.807) is 0 Å². The van der Waals surface area contributed by atoms with Crippen LogP contribution >= 0.6 is 0 Å². The molecule has 0 aliphatic carbocycles. The molecular formula is C20H25NO2. The van der Waals surface area contributed by atoms with Crippen molar-refractivity contribution in [1.82, 2.24) is 5.32 Å². The van der Waals surface area contributed by atoms with E-state index in [4.69, 9.17) is 4.74 Å². The zero-order valence-corrected chi connectivity index (χ0v) is 14.3. The molecule has 3 heteroatoms. The summed E-state index contributed by atoms with van der Waals surface area (Å²) in [5, 5.41) is 3.63. The highest BCUT2D eigenvalue weighted by Crippen LogP contribution is 2.21. The van der Waals surface area contributed by atoms with E-state index in [0.29, 0.717) is 17.8 Å². The lowest BCUT2D eigenvalue weighted by Crippen LogP contribution is -2.30. The summed E-state index contributed by atoms with van der Waals surface area (Å²) in [5.74, 6) is 0.354. The van der Waals surface area contributed by atoms with Crippen molar-refractivity contribution in [3.8, 4) is 5.75 Å². The fourth-order valence-electron chi connectivity index (χ4n) is 2.79. The number of nitrogens with one attached hydrogen (secondary N) is 1. The third-order valence-corrected chi connectivity index (χ3v) is 3.87. The van der Waals surface area contributed by atoms with Crippen LogP contribution in [0.15, 0.2) is 48.5 Å². The molecule has 0 radical (unpaired) electrons. The van der Waals surface area contributed by atoms with E-state index in [9.17, 15) is 4.79 Å². The van der Waals surface area contributed by atoms with Crippen LogP contribution in [0.2, 0.25) is 0 Å². The normalized spacial score (nSPS) is 13.4. The molecule has 0 unspecified atom stereocenters. The molecule has 23 heavy (non-hydrogen) atoms. The maximum atomic E-state index is 11.1. The van der Waals surface area contributed by atoms with Gasteiger partial charge in [-0.2, -0.15) is 0 Å². The number of aryl methyl sites for hydroxylation is 1. The molecule has 122 valence electrons. The standard InChI is InChI=1S/C20H25NO2/c1-14-12-18(10-11-20(14)23-17(4)22)13-15(2)21-16(3)19-8-6-5-7-9-19/h5-12,15-16,21H,13H2,1-4H3/t15-,16-/m1/s1. The number of esters is 1. The van der Waals surface area contributed by atoms with Gasteiger partial charge in [-0.1, -0.05) is 42.5 Å². The number of hydrogen-bond donors (Lipinski definition) is 1. The lowest BCUT2D eigenvalue weighted by Gasteiger charge is -2.21. The predicted molar refractivity (Wildman–Crippen MR) is 93.6 cm³/mol. The van der Waals surface area contributed by atoms with Gasteiger partial charge < -0.3 is 10.1 Å². The topological polar surface area (TPSA) is 38.3 Å². The first kappa shape index (κ1) is 17.2. The molecule has 0 aliphatic heterocycles. The van der Waals surface area contributed by atoms with Gasteiger partial charge in [0.25, 0.3) is 0 Å². The number of carbonyl (C=O) groups is 1. The van der Waals surface area contributed by atoms with Crippen molar-refractivity contribution in [1.29, 1.82) is 0 Å². The summed E-state index contributed by atoms with van der Waals surface area (Å²) >= 11 is 0. The van der Waals surface area contributed by atoms with Gasteiger partial charge >= 0.3 is 5.97 Å². The molecule has 0 amide bonds. The van der Waals surface area contributed by atoms with Gasteiger partial charge in [-0.25, -0.2) is 0 Å². The van der Waals surface area contributed by atoms with Gasteiger partial charge in [-0.05, 0) is 49.9 Å². The fraction of sp³-hybridized carbons (Fsp3) is 0.350. The number of hydrogen-bond acceptors (Lipinski definition) is 3. The highest BCUT2D eigenvalue weighted by atomic mass is 16.5. The highest BCUT2D eigenvalue weighted by molar-refractivity contribution is 5.69. The van der Waals surface area contributed by atoms with E-state index in [2.05, 4.69) is 49.5 Å². The minimum absolute atomic E-state index is 0.285. The summed E-state index contributed by atoms with van der Waals surface area (Å²) in [6, 6.07) is 17.1. The van der Waals surface area contributed by atoms with Crippen molar-refractivity contribution in [3.05, 3.63) is 65.2 Å². The molecule has 0 saturated heterocycles. The predicted octanol–water partition coefficient (Wildman–Crippen LogP) is 4.20. The Hall–Kier alpha value is -2.13. The largest absolute Gasteiger partial charge is 0.426 e. The van der Waals surface area contributed by atoms with E-state index in [0.717, 1.165) is 12.0 Å². The second-order valence-corrected chi connectivity index (χ2v) is 6.10. The molecule has 0 aromatic heterocycles. The van der Waals surface area contributed by atoms with Crippen LogP contribution in [0.1, 0.15) is 43.5 Å². The van der Waals surface area contributed by atoms with E-state index < -0.39 is 0 Å². The molecule has 0 aliphatic rings. The molecule has 2 aromatic carbocycles. The lowest BCUT2D eigenvalue weighted by atomic mass is 10.0. The quantitative estimate of drug-likeness (QED) is 0.642. The van der Waals surface area contributed by atoms with Gasteiger partial charge in [-0.15, -0.1) is 0 Å². The first-order chi connectivity index (χ1) is 11.0. The Bertz CT molecular complexity index is 652. The zero-order chi connectivity index (χ0) is 16.8. The van der Waals surface area contributed by atoms with Crippen molar-refractivity contribution >= 4 is 5.97 Å². The third kappa shape index (κ3) is 5.22. The van der Waals surface area contributed by atoms with E-state index in [1.807, 2.05) is 25.1 Å². The summed E-state index contributed by atoms with van der Waals surface area (Å²) in [7, 11) is 0. The maximum Gasteiger partial charge on any atom is 0.308 e. The van der Waals surface area contributed by atoms with Crippen LogP contribution in [-0.4, -0.2) is 12.0 Å². The fourth-order valence-corrected chi connectivity index (χ4v) is 2.79. The Balaban J connectivity index is 1.96. The van der Waals surface area contributed by atoms with E-state index >= 15 is 0 Å². The number of ether oxygens (including phenoxy) is 1. The van der Waals surface area contributed by atoms with Crippen LogP contribution in [0, 0.1) is 6.92 Å². The lowest BCUT2D eigenvalue weighted by molar-refractivity contribution is -0.131. The number of carbonyl (C=O) groups excluding carboxylic acids is 1. The molecular weight excluding hydrogens is 286 g/mol. The first-order valence-electron chi connectivity index (χ1n) is 8.04. The molecule has 2 atom stereocenters. The Morgan fingerprint density at radius 2 is 1.83 bits per heavy atom. The Morgan fingerprint density at radius 1 is 1.13 bits per heavy atom. The van der Waals surface area contributed by atoms with Gasteiger partial charge in [-0.3, -0.25) is 4.79 Å². The van der Waals surface area contributed by atoms with Crippen LogP contribution in [-0.2, 0) is 11.2 Å². The molecule has 3 nitrogen and oxygen atoms in total. The summed E-state index contributed by atoms with van der Waals surface area (Å²) in [4.78, 5) is 11.1. The summed E-state index contributed by atoms with van der Waals surface area (Å²) < 4.78 is 5.17. The summed E-state index contributed by atoms with van der Waals surface area (Å²) in [6.45, 7) is 7.76. The van der Waals surface area contributed by atoms with Crippen molar-refractivity contribution < 1.29 is 9.53 Å². The van der Waals surface area contributed by atoms with Crippen LogP contribution in [0.5, 0.6) is 5.75 Å². The Kier molecular flexibility index (Phi) is 5.94. The van der Waals surface area contributed by atoms with Gasteiger partial charge in [0, 0.05) is 19.0 Å². The molecule has 2 rings (SSSR count). The zero-order valence-electron chi connectivity index (χ0n) is 14.3. The number of rotatable bonds is 6. The van der Waals surface area contributed by atoms with Crippen LogP contribution in [0.4, 0.5) is 0 Å².